The van der Waals surface area contributed by atoms with E-state index in [0.717, 1.165) is 47.2 Å². The summed E-state index contributed by atoms with van der Waals surface area (Å²) >= 11 is 1.35. The highest BCUT2D eigenvalue weighted by molar-refractivity contribution is 8.21. The first-order chi connectivity index (χ1) is 13.4. The average molecular weight is 398 g/mol. The molecule has 1 aromatic carbocycles. The van der Waals surface area contributed by atoms with Gasteiger partial charge in [0.2, 0.25) is 0 Å². The van der Waals surface area contributed by atoms with Crippen LogP contribution in [0.25, 0.3) is 15.7 Å². The van der Waals surface area contributed by atoms with E-state index in [0.29, 0.717) is 22.9 Å². The Kier molecular flexibility index (Phi) is 5.12. The van der Waals surface area contributed by atoms with Crippen molar-refractivity contribution in [1.82, 2.24) is 14.8 Å². The number of anilines is 1. The van der Waals surface area contributed by atoms with Crippen molar-refractivity contribution in [3.05, 3.63) is 42.6 Å². The molecule has 148 valence electrons. The summed E-state index contributed by atoms with van der Waals surface area (Å²) in [5.41, 5.74) is 0.977. The third-order valence-electron chi connectivity index (χ3n) is 5.45. The maximum absolute atomic E-state index is 12.9. The summed E-state index contributed by atoms with van der Waals surface area (Å²) in [4.78, 5) is 22.5. The van der Waals surface area contributed by atoms with E-state index in [1.54, 1.807) is 13.1 Å². The minimum Gasteiger partial charge on any atom is -0.316 e. The highest BCUT2D eigenvalue weighted by Gasteiger charge is 2.41. The maximum atomic E-state index is 12.9. The Bertz CT molecular complexity index is 951. The van der Waals surface area contributed by atoms with Crippen LogP contribution in [-0.2, 0) is 0 Å². The fourth-order valence-electron chi connectivity index (χ4n) is 4.25. The van der Waals surface area contributed by atoms with E-state index in [4.69, 9.17) is 5.41 Å². The van der Waals surface area contributed by atoms with Crippen molar-refractivity contribution >= 4 is 44.3 Å². The number of piperazine rings is 1. The average Bonchev–Trinajstić information content (AvgIpc) is 2.92. The molecule has 2 unspecified atom stereocenters. The van der Waals surface area contributed by atoms with Crippen LogP contribution in [-0.4, -0.2) is 58.1 Å². The lowest BCUT2D eigenvalue weighted by atomic mass is 10.1. The summed E-state index contributed by atoms with van der Waals surface area (Å²) in [6, 6.07) is 8.45. The SMILES string of the molecule is C=C(SC(C)=N)c1ccc2cnc(NC(=O)N3C4CCC3CN(C)C4)cc2c1.[HH]. The van der Waals surface area contributed by atoms with Gasteiger partial charge in [-0.3, -0.25) is 10.7 Å². The molecule has 1 aromatic heterocycles. The number of fused-ring (bicyclic) bond motifs is 3. The molecule has 4 rings (SSSR count). The second-order valence-corrected chi connectivity index (χ2v) is 8.97. The number of hydrogen-bond donors (Lipinski definition) is 2. The second-order valence-electron chi connectivity index (χ2n) is 7.66. The largest absolute Gasteiger partial charge is 0.323 e. The van der Waals surface area contributed by atoms with Gasteiger partial charge >= 0.3 is 6.03 Å². The minimum atomic E-state index is -0.0528. The number of carbonyl (C=O) groups excluding carboxylic acids is 1. The molecule has 2 atom stereocenters. The zero-order valence-corrected chi connectivity index (χ0v) is 17.1. The first kappa shape index (κ1) is 19.0. The van der Waals surface area contributed by atoms with Gasteiger partial charge in [-0.1, -0.05) is 30.5 Å². The quantitative estimate of drug-likeness (QED) is 0.591. The normalized spacial score (nSPS) is 21.7. The van der Waals surface area contributed by atoms with Crippen molar-refractivity contribution in [2.75, 3.05) is 25.5 Å². The number of rotatable bonds is 3. The number of thioether (sulfide) groups is 1. The lowest BCUT2D eigenvalue weighted by Crippen LogP contribution is -2.55. The molecule has 2 fully saturated rings. The molecule has 2 amide bonds. The van der Waals surface area contributed by atoms with Crippen molar-refractivity contribution in [3.8, 4) is 0 Å². The van der Waals surface area contributed by atoms with E-state index in [-0.39, 0.29) is 7.46 Å². The van der Waals surface area contributed by atoms with Gasteiger partial charge < -0.3 is 9.80 Å². The van der Waals surface area contributed by atoms with Crippen molar-refractivity contribution in [3.63, 3.8) is 0 Å². The monoisotopic (exact) mass is 397 g/mol. The van der Waals surface area contributed by atoms with E-state index >= 15 is 0 Å². The fraction of sp³-hybridized carbons (Fsp3) is 0.381. The molecule has 0 saturated carbocycles. The maximum Gasteiger partial charge on any atom is 0.323 e. The molecule has 2 saturated heterocycles. The number of likely N-dealkylation sites (N-methyl/N-ethyl adjacent to an activating group) is 1. The summed E-state index contributed by atoms with van der Waals surface area (Å²) in [6.45, 7) is 7.68. The number of hydrogen-bond acceptors (Lipinski definition) is 5. The van der Waals surface area contributed by atoms with Crippen molar-refractivity contribution < 1.29 is 6.22 Å². The number of carbonyl (C=O) groups is 1. The van der Waals surface area contributed by atoms with Crippen LogP contribution < -0.4 is 5.32 Å². The van der Waals surface area contributed by atoms with E-state index in [1.165, 1.54) is 11.8 Å². The number of nitrogens with zero attached hydrogens (tertiary/aromatic N) is 3. The number of pyridine rings is 1. The van der Waals surface area contributed by atoms with Gasteiger partial charge in [0.05, 0.1) is 5.04 Å². The molecular formula is C21H27N5OS. The number of urea groups is 1. The van der Waals surface area contributed by atoms with Gasteiger partial charge in [0, 0.05) is 43.1 Å². The topological polar surface area (TPSA) is 72.3 Å². The third kappa shape index (κ3) is 3.77. The lowest BCUT2D eigenvalue weighted by molar-refractivity contribution is 0.111. The number of benzene rings is 1. The molecule has 2 aromatic rings. The molecule has 0 aliphatic carbocycles. The lowest BCUT2D eigenvalue weighted by Gasteiger charge is -2.39. The number of likely N-dealkylation sites (tertiary alicyclic amines) is 1. The molecule has 7 heteroatoms. The van der Waals surface area contributed by atoms with Crippen LogP contribution in [0.3, 0.4) is 0 Å². The van der Waals surface area contributed by atoms with Crippen LogP contribution in [0.15, 0.2) is 37.0 Å². The van der Waals surface area contributed by atoms with E-state index < -0.39 is 0 Å². The van der Waals surface area contributed by atoms with E-state index in [1.807, 2.05) is 29.2 Å². The predicted molar refractivity (Wildman–Crippen MR) is 119 cm³/mol. The zero-order valence-electron chi connectivity index (χ0n) is 16.2. The first-order valence-corrected chi connectivity index (χ1v) is 10.3. The number of amides is 2. The van der Waals surface area contributed by atoms with Crippen LogP contribution in [0.2, 0.25) is 0 Å². The van der Waals surface area contributed by atoms with Crippen molar-refractivity contribution in [1.29, 1.82) is 5.41 Å². The number of aromatic nitrogens is 1. The Labute approximate surface area is 171 Å². The smallest absolute Gasteiger partial charge is 0.316 e. The van der Waals surface area contributed by atoms with Crippen LogP contribution in [0.5, 0.6) is 0 Å². The fourth-order valence-corrected chi connectivity index (χ4v) is 4.86. The second kappa shape index (κ2) is 7.56. The molecule has 3 heterocycles. The Morgan fingerprint density at radius 1 is 1.29 bits per heavy atom. The van der Waals surface area contributed by atoms with Crippen LogP contribution in [0.4, 0.5) is 10.6 Å². The predicted octanol–water partition coefficient (Wildman–Crippen LogP) is 4.49. The number of nitrogens with one attached hydrogen (secondary N) is 2. The van der Waals surface area contributed by atoms with Gasteiger partial charge in [-0.15, -0.1) is 0 Å². The summed E-state index contributed by atoms with van der Waals surface area (Å²) in [5.74, 6) is 0.564. The highest BCUT2D eigenvalue weighted by atomic mass is 32.2. The van der Waals surface area contributed by atoms with Crippen LogP contribution >= 0.6 is 11.8 Å². The minimum absolute atomic E-state index is 0. The Hall–Kier alpha value is -2.38. The summed E-state index contributed by atoms with van der Waals surface area (Å²) < 4.78 is 0. The van der Waals surface area contributed by atoms with Crippen LogP contribution in [0, 0.1) is 5.41 Å². The van der Waals surface area contributed by atoms with Gasteiger partial charge in [0.15, 0.2) is 0 Å². The molecule has 0 radical (unpaired) electrons. The molecular weight excluding hydrogens is 370 g/mol. The highest BCUT2D eigenvalue weighted by Crippen LogP contribution is 2.31. The first-order valence-electron chi connectivity index (χ1n) is 9.50. The van der Waals surface area contributed by atoms with Gasteiger partial charge in [0.25, 0.3) is 0 Å². The standard InChI is InChI=1S/C21H25N5OS.H2/c1-13(28-14(2)22)15-4-5-16-10-23-20(9-17(16)8-15)24-21(27)26-18-6-7-19(26)12-25(3)11-18;/h4-5,8-10,18-19,22H,1,6-7,11-12H2,2-3H3,(H,23,24,27);1H. The van der Waals surface area contributed by atoms with E-state index in [9.17, 15) is 4.79 Å². The molecule has 6 nitrogen and oxygen atoms in total. The summed E-state index contributed by atoms with van der Waals surface area (Å²) in [7, 11) is 2.12. The van der Waals surface area contributed by atoms with Gasteiger partial charge in [-0.05, 0) is 49.9 Å². The Morgan fingerprint density at radius 2 is 2.00 bits per heavy atom. The van der Waals surface area contributed by atoms with Crippen molar-refractivity contribution in [2.24, 2.45) is 0 Å². The third-order valence-corrected chi connectivity index (χ3v) is 6.24. The van der Waals surface area contributed by atoms with Gasteiger partial charge in [0.1, 0.15) is 5.82 Å². The molecule has 2 bridgehead atoms. The van der Waals surface area contributed by atoms with Gasteiger partial charge in [-0.2, -0.15) is 0 Å². The van der Waals surface area contributed by atoms with Crippen molar-refractivity contribution in [2.45, 2.75) is 31.8 Å². The summed E-state index contributed by atoms with van der Waals surface area (Å²) in [6.07, 6.45) is 3.93. The Morgan fingerprint density at radius 3 is 2.68 bits per heavy atom. The molecule has 28 heavy (non-hydrogen) atoms. The van der Waals surface area contributed by atoms with Gasteiger partial charge in [-0.25, -0.2) is 9.78 Å². The zero-order chi connectivity index (χ0) is 19.8. The molecule has 0 spiro atoms. The molecule has 2 aliphatic rings. The van der Waals surface area contributed by atoms with E-state index in [2.05, 4.69) is 28.8 Å². The molecule has 2 aliphatic heterocycles. The Balaban J connectivity index is 0.00000240. The molecule has 2 N–H and O–H groups in total. The summed E-state index contributed by atoms with van der Waals surface area (Å²) in [5, 5.41) is 13.1. The van der Waals surface area contributed by atoms with Crippen LogP contribution in [0.1, 0.15) is 26.8 Å².